The molecule has 7 nitrogen and oxygen atoms in total. The topological polar surface area (TPSA) is 105 Å². The summed E-state index contributed by atoms with van der Waals surface area (Å²) in [5.41, 5.74) is 2.45. The molecule has 4 aliphatic rings. The zero-order chi connectivity index (χ0) is 25.3. The van der Waals surface area contributed by atoms with Gasteiger partial charge in [-0.25, -0.2) is 0 Å². The summed E-state index contributed by atoms with van der Waals surface area (Å²) >= 11 is 3.38. The average molecular weight is 548 g/mol. The number of hydrogen-bond acceptors (Lipinski definition) is 6. The molecule has 1 aromatic heterocycles. The first-order valence-corrected chi connectivity index (χ1v) is 12.6. The van der Waals surface area contributed by atoms with E-state index in [0.29, 0.717) is 40.3 Å². The predicted octanol–water partition coefficient (Wildman–Crippen LogP) is 4.17. The standard InChI is InChI=1S/C28H22BrNO6/c1-13-10-21(32)24-20(26(13)33)11-19-17(25(24)22-9-6-16(12-31)36-22)7-8-18-23(19)28(35)30(27(18)34)15-4-2-14(29)3-5-15/h2-7,9-10,18-19,23,25,31H,8,11-12H2,1H3/t18-,19+,23-,25+/m0/s1. The Morgan fingerprint density at radius 1 is 1.03 bits per heavy atom. The quantitative estimate of drug-likeness (QED) is 0.351. The highest BCUT2D eigenvalue weighted by Gasteiger charge is 2.57. The number of amides is 2. The van der Waals surface area contributed by atoms with Crippen LogP contribution in [0, 0.1) is 17.8 Å². The van der Waals surface area contributed by atoms with Crippen molar-refractivity contribution in [1.82, 2.24) is 0 Å². The minimum atomic E-state index is -0.648. The summed E-state index contributed by atoms with van der Waals surface area (Å²) < 4.78 is 6.70. The number of benzene rings is 1. The second-order valence-corrected chi connectivity index (χ2v) is 10.6. The Morgan fingerprint density at radius 2 is 1.78 bits per heavy atom. The van der Waals surface area contributed by atoms with Crippen molar-refractivity contribution in [3.63, 3.8) is 0 Å². The van der Waals surface area contributed by atoms with Gasteiger partial charge in [0.25, 0.3) is 0 Å². The number of carbonyl (C=O) groups is 4. The first kappa shape index (κ1) is 23.1. The van der Waals surface area contributed by atoms with Crippen molar-refractivity contribution in [1.29, 1.82) is 0 Å². The monoisotopic (exact) mass is 547 g/mol. The first-order valence-electron chi connectivity index (χ1n) is 11.8. The zero-order valence-electron chi connectivity index (χ0n) is 19.4. The Labute approximate surface area is 215 Å². The van der Waals surface area contributed by atoms with Crippen LogP contribution < -0.4 is 4.90 Å². The van der Waals surface area contributed by atoms with Crippen LogP contribution in [-0.4, -0.2) is 28.5 Å². The number of aliphatic hydroxyl groups excluding tert-OH is 1. The van der Waals surface area contributed by atoms with Crippen molar-refractivity contribution in [3.05, 3.63) is 86.8 Å². The molecule has 1 aromatic carbocycles. The summed E-state index contributed by atoms with van der Waals surface area (Å²) in [7, 11) is 0. The van der Waals surface area contributed by atoms with Gasteiger partial charge in [-0.15, -0.1) is 0 Å². The summed E-state index contributed by atoms with van der Waals surface area (Å²) in [6, 6.07) is 10.4. The minimum absolute atomic E-state index is 0.216. The second-order valence-electron chi connectivity index (χ2n) is 9.68. The number of hydrogen-bond donors (Lipinski definition) is 1. The number of anilines is 1. The molecule has 0 unspecified atom stereocenters. The van der Waals surface area contributed by atoms with Crippen LogP contribution in [0.15, 0.2) is 79.7 Å². The maximum absolute atomic E-state index is 13.8. The van der Waals surface area contributed by atoms with Gasteiger partial charge < -0.3 is 9.52 Å². The highest BCUT2D eigenvalue weighted by atomic mass is 79.9. The van der Waals surface area contributed by atoms with Crippen LogP contribution >= 0.6 is 15.9 Å². The smallest absolute Gasteiger partial charge is 0.238 e. The SMILES string of the molecule is CC1=CC(=O)C2=C(C[C@@H]3C(=CC[C@@H]4C(=O)N(c5ccc(Br)cc5)C(=O)[C@@H]43)[C@@H]2c2ccc(CO)o2)C1=O. The van der Waals surface area contributed by atoms with Gasteiger partial charge in [-0.2, -0.15) is 0 Å². The molecule has 0 radical (unpaired) electrons. The van der Waals surface area contributed by atoms with Crippen molar-refractivity contribution in [2.75, 3.05) is 4.90 Å². The predicted molar refractivity (Wildman–Crippen MR) is 133 cm³/mol. The molecule has 3 aliphatic carbocycles. The molecule has 36 heavy (non-hydrogen) atoms. The third kappa shape index (κ3) is 3.28. The summed E-state index contributed by atoms with van der Waals surface area (Å²) in [5, 5.41) is 9.54. The molecule has 8 heteroatoms. The van der Waals surface area contributed by atoms with Gasteiger partial charge in [-0.1, -0.05) is 27.6 Å². The molecule has 2 heterocycles. The van der Waals surface area contributed by atoms with Gasteiger partial charge in [0.2, 0.25) is 11.8 Å². The van der Waals surface area contributed by atoms with Crippen LogP contribution in [-0.2, 0) is 25.8 Å². The number of nitrogens with zero attached hydrogens (tertiary/aromatic N) is 1. The Balaban J connectivity index is 1.47. The minimum Gasteiger partial charge on any atom is -0.463 e. The molecule has 182 valence electrons. The van der Waals surface area contributed by atoms with Crippen LogP contribution in [0.5, 0.6) is 0 Å². The molecular formula is C28H22BrNO6. The number of aliphatic hydroxyl groups is 1. The van der Waals surface area contributed by atoms with Crippen LogP contribution in [0.25, 0.3) is 0 Å². The Bertz CT molecular complexity index is 1440. The molecular weight excluding hydrogens is 526 g/mol. The molecule has 1 aliphatic heterocycles. The van der Waals surface area contributed by atoms with Crippen molar-refractivity contribution in [2.45, 2.75) is 32.3 Å². The third-order valence-corrected chi connectivity index (χ3v) is 8.30. The lowest BCUT2D eigenvalue weighted by Gasteiger charge is -2.41. The highest BCUT2D eigenvalue weighted by molar-refractivity contribution is 9.10. The van der Waals surface area contributed by atoms with E-state index in [1.807, 2.05) is 6.08 Å². The van der Waals surface area contributed by atoms with Gasteiger partial charge in [-0.3, -0.25) is 24.1 Å². The number of halogens is 1. The number of furan rings is 1. The van der Waals surface area contributed by atoms with E-state index < -0.39 is 23.7 Å². The first-order chi connectivity index (χ1) is 17.3. The van der Waals surface area contributed by atoms with Crippen LogP contribution in [0.1, 0.15) is 37.2 Å². The van der Waals surface area contributed by atoms with Crippen molar-refractivity contribution in [2.24, 2.45) is 17.8 Å². The molecule has 2 amide bonds. The van der Waals surface area contributed by atoms with E-state index in [-0.39, 0.29) is 36.4 Å². The van der Waals surface area contributed by atoms with Gasteiger partial charge >= 0.3 is 0 Å². The van der Waals surface area contributed by atoms with E-state index in [9.17, 15) is 24.3 Å². The van der Waals surface area contributed by atoms with Gasteiger partial charge in [0.15, 0.2) is 11.6 Å². The Kier molecular flexibility index (Phi) is 5.35. The van der Waals surface area contributed by atoms with E-state index >= 15 is 0 Å². The molecule has 6 rings (SSSR count). The maximum atomic E-state index is 13.8. The number of ketones is 2. The second kappa shape index (κ2) is 8.35. The van der Waals surface area contributed by atoms with E-state index in [1.165, 1.54) is 11.0 Å². The van der Waals surface area contributed by atoms with Gasteiger partial charge in [0, 0.05) is 21.2 Å². The fourth-order valence-electron chi connectivity index (χ4n) is 6.19. The molecule has 0 spiro atoms. The van der Waals surface area contributed by atoms with Gasteiger partial charge in [0.05, 0.1) is 23.4 Å². The molecule has 1 saturated heterocycles. The fraction of sp³-hybridized carbons (Fsp3) is 0.286. The number of carbonyl (C=O) groups excluding carboxylic acids is 4. The van der Waals surface area contributed by atoms with Gasteiger partial charge in [-0.05, 0) is 68.2 Å². The number of Topliss-reactive ketones (excluding diaryl/α,β-unsaturated/α-hetero) is 1. The lowest BCUT2D eigenvalue weighted by atomic mass is 9.60. The number of rotatable bonds is 3. The van der Waals surface area contributed by atoms with E-state index in [0.717, 1.165) is 10.0 Å². The van der Waals surface area contributed by atoms with Crippen LogP contribution in [0.3, 0.4) is 0 Å². The Morgan fingerprint density at radius 3 is 2.47 bits per heavy atom. The van der Waals surface area contributed by atoms with Gasteiger partial charge in [0.1, 0.15) is 18.1 Å². The molecule has 2 aromatic rings. The number of allylic oxidation sites excluding steroid dienone is 6. The normalized spacial score (nSPS) is 27.6. The molecule has 0 saturated carbocycles. The molecule has 1 N–H and O–H groups in total. The zero-order valence-corrected chi connectivity index (χ0v) is 20.9. The number of fused-ring (bicyclic) bond motifs is 3. The lowest BCUT2D eigenvalue weighted by molar-refractivity contribution is -0.123. The summed E-state index contributed by atoms with van der Waals surface area (Å²) in [6.07, 6.45) is 3.88. The molecule has 4 atom stereocenters. The summed E-state index contributed by atoms with van der Waals surface area (Å²) in [4.78, 5) is 54.9. The average Bonchev–Trinajstić information content (AvgIpc) is 3.44. The lowest BCUT2D eigenvalue weighted by Crippen LogP contribution is -2.39. The Hall–Kier alpha value is -3.36. The van der Waals surface area contributed by atoms with Crippen LogP contribution in [0.2, 0.25) is 0 Å². The highest BCUT2D eigenvalue weighted by Crippen LogP contribution is 2.55. The summed E-state index contributed by atoms with van der Waals surface area (Å²) in [6.45, 7) is 1.32. The third-order valence-electron chi connectivity index (χ3n) is 7.77. The summed E-state index contributed by atoms with van der Waals surface area (Å²) in [5.74, 6) is -2.46. The van der Waals surface area contributed by atoms with Crippen molar-refractivity contribution in [3.8, 4) is 0 Å². The van der Waals surface area contributed by atoms with E-state index in [2.05, 4.69) is 15.9 Å². The van der Waals surface area contributed by atoms with E-state index in [1.54, 1.807) is 43.3 Å². The number of imide groups is 1. The maximum Gasteiger partial charge on any atom is 0.238 e. The molecule has 0 bridgehead atoms. The van der Waals surface area contributed by atoms with Crippen molar-refractivity contribution < 1.29 is 28.7 Å². The molecule has 1 fully saturated rings. The van der Waals surface area contributed by atoms with Crippen LogP contribution in [0.4, 0.5) is 5.69 Å². The van der Waals surface area contributed by atoms with E-state index in [4.69, 9.17) is 4.42 Å². The largest absolute Gasteiger partial charge is 0.463 e. The van der Waals surface area contributed by atoms with Crippen molar-refractivity contribution >= 4 is 45.0 Å². The fourth-order valence-corrected chi connectivity index (χ4v) is 6.45.